The molecule has 26 heavy (non-hydrogen) atoms. The van der Waals surface area contributed by atoms with Crippen molar-refractivity contribution in [2.45, 2.75) is 13.8 Å². The molecule has 3 aromatic heterocycles. The van der Waals surface area contributed by atoms with Crippen LogP contribution in [0.15, 0.2) is 47.4 Å². The fraction of sp³-hybridized carbons (Fsp3) is 0.158. The van der Waals surface area contributed by atoms with E-state index < -0.39 is 0 Å². The number of hydrogen-bond acceptors (Lipinski definition) is 5. The monoisotopic (exact) mass is 347 g/mol. The second-order valence-corrected chi connectivity index (χ2v) is 6.01. The van der Waals surface area contributed by atoms with Crippen LogP contribution in [0.2, 0.25) is 0 Å². The zero-order valence-electron chi connectivity index (χ0n) is 14.6. The lowest BCUT2D eigenvalue weighted by atomic mass is 10.0. The molecule has 0 spiro atoms. The minimum atomic E-state index is -0.232. The standard InChI is InChI=1S/C19H17N5O2/c1-11-10-12(2)22-19(21-11)24-18(25)16-15(8-9-20-17(16)23-24)13-4-6-14(26-3)7-5-13/h4-10H,1-3H3,(H,20,23). The summed E-state index contributed by atoms with van der Waals surface area (Å²) in [6.07, 6.45) is 1.67. The second kappa shape index (κ2) is 6.11. The molecule has 1 N–H and O–H groups in total. The molecule has 0 atom stereocenters. The molecule has 0 fully saturated rings. The fourth-order valence-corrected chi connectivity index (χ4v) is 2.99. The number of rotatable bonds is 3. The van der Waals surface area contributed by atoms with E-state index in [0.29, 0.717) is 17.0 Å². The predicted molar refractivity (Wildman–Crippen MR) is 98.7 cm³/mol. The van der Waals surface area contributed by atoms with Crippen molar-refractivity contribution in [3.8, 4) is 22.8 Å². The van der Waals surface area contributed by atoms with Gasteiger partial charge in [0.25, 0.3) is 11.5 Å². The van der Waals surface area contributed by atoms with Crippen LogP contribution in [0.25, 0.3) is 28.1 Å². The van der Waals surface area contributed by atoms with E-state index in [1.165, 1.54) is 4.68 Å². The first-order chi connectivity index (χ1) is 12.6. The molecule has 0 saturated carbocycles. The number of aromatic nitrogens is 5. The van der Waals surface area contributed by atoms with E-state index in [2.05, 4.69) is 20.1 Å². The largest absolute Gasteiger partial charge is 0.497 e. The number of aromatic amines is 1. The van der Waals surface area contributed by atoms with Gasteiger partial charge in [0.15, 0.2) is 5.65 Å². The third kappa shape index (κ3) is 2.63. The Balaban J connectivity index is 1.94. The van der Waals surface area contributed by atoms with Gasteiger partial charge < -0.3 is 4.74 Å². The third-order valence-electron chi connectivity index (χ3n) is 4.16. The molecule has 0 radical (unpaired) electrons. The van der Waals surface area contributed by atoms with Gasteiger partial charge in [-0.2, -0.15) is 4.68 Å². The molecular formula is C19H17N5O2. The van der Waals surface area contributed by atoms with Crippen molar-refractivity contribution in [1.82, 2.24) is 24.7 Å². The quantitative estimate of drug-likeness (QED) is 0.616. The minimum absolute atomic E-state index is 0.232. The highest BCUT2D eigenvalue weighted by Crippen LogP contribution is 2.26. The van der Waals surface area contributed by atoms with E-state index in [-0.39, 0.29) is 5.56 Å². The molecule has 3 heterocycles. The topological polar surface area (TPSA) is 85.7 Å². The molecule has 130 valence electrons. The Bertz CT molecular complexity index is 1140. The minimum Gasteiger partial charge on any atom is -0.497 e. The van der Waals surface area contributed by atoms with Gasteiger partial charge in [-0.1, -0.05) is 12.1 Å². The number of benzene rings is 1. The van der Waals surface area contributed by atoms with E-state index in [1.807, 2.05) is 50.2 Å². The molecule has 0 aliphatic heterocycles. The number of nitrogens with one attached hydrogen (secondary N) is 1. The fourth-order valence-electron chi connectivity index (χ4n) is 2.99. The van der Waals surface area contributed by atoms with Gasteiger partial charge in [-0.25, -0.2) is 15.0 Å². The average Bonchev–Trinajstić information content (AvgIpc) is 2.98. The molecule has 7 heteroatoms. The molecule has 0 aliphatic rings. The van der Waals surface area contributed by atoms with Gasteiger partial charge in [-0.3, -0.25) is 9.89 Å². The highest BCUT2D eigenvalue weighted by molar-refractivity contribution is 5.92. The summed E-state index contributed by atoms with van der Waals surface area (Å²) in [5, 5.41) is 3.51. The van der Waals surface area contributed by atoms with Crippen molar-refractivity contribution in [1.29, 1.82) is 0 Å². The molecule has 4 aromatic rings. The first-order valence-corrected chi connectivity index (χ1v) is 8.13. The van der Waals surface area contributed by atoms with E-state index in [4.69, 9.17) is 4.74 Å². The van der Waals surface area contributed by atoms with Gasteiger partial charge in [-0.15, -0.1) is 0 Å². The van der Waals surface area contributed by atoms with Crippen LogP contribution in [-0.2, 0) is 0 Å². The predicted octanol–water partition coefficient (Wildman–Crippen LogP) is 2.80. The lowest BCUT2D eigenvalue weighted by Gasteiger charge is -2.04. The van der Waals surface area contributed by atoms with Gasteiger partial charge in [-0.05, 0) is 49.2 Å². The number of aryl methyl sites for hydroxylation is 2. The van der Waals surface area contributed by atoms with E-state index in [9.17, 15) is 4.79 Å². The molecule has 0 bridgehead atoms. The zero-order chi connectivity index (χ0) is 18.3. The van der Waals surface area contributed by atoms with Crippen LogP contribution >= 0.6 is 0 Å². The zero-order valence-corrected chi connectivity index (χ0v) is 14.6. The summed E-state index contributed by atoms with van der Waals surface area (Å²) in [6.45, 7) is 3.74. The maximum absolute atomic E-state index is 13.1. The number of hydrogen-bond donors (Lipinski definition) is 1. The smallest absolute Gasteiger partial charge is 0.284 e. The molecule has 0 aliphatic carbocycles. The molecular weight excluding hydrogens is 330 g/mol. The van der Waals surface area contributed by atoms with Crippen LogP contribution in [0, 0.1) is 13.8 Å². The normalized spacial score (nSPS) is 11.0. The SMILES string of the molecule is COc1ccc(-c2ccnc3[nH]n(-c4nc(C)cc(C)n4)c(=O)c23)cc1. The maximum atomic E-state index is 13.1. The molecule has 0 amide bonds. The van der Waals surface area contributed by atoms with E-state index in [1.54, 1.807) is 13.3 Å². The Morgan fingerprint density at radius 3 is 2.38 bits per heavy atom. The number of nitrogens with zero attached hydrogens (tertiary/aromatic N) is 4. The number of fused-ring (bicyclic) bond motifs is 1. The molecule has 0 unspecified atom stereocenters. The Morgan fingerprint density at radius 2 is 1.73 bits per heavy atom. The lowest BCUT2D eigenvalue weighted by Crippen LogP contribution is -2.18. The second-order valence-electron chi connectivity index (χ2n) is 6.01. The van der Waals surface area contributed by atoms with Crippen LogP contribution in [0.1, 0.15) is 11.4 Å². The van der Waals surface area contributed by atoms with Crippen molar-refractivity contribution >= 4 is 11.0 Å². The van der Waals surface area contributed by atoms with Gasteiger partial charge in [0.1, 0.15) is 5.75 Å². The van der Waals surface area contributed by atoms with Gasteiger partial charge in [0.2, 0.25) is 0 Å². The first kappa shape index (κ1) is 16.0. The van der Waals surface area contributed by atoms with Crippen molar-refractivity contribution in [2.24, 2.45) is 0 Å². The van der Waals surface area contributed by atoms with Gasteiger partial charge in [0, 0.05) is 17.6 Å². The van der Waals surface area contributed by atoms with Gasteiger partial charge in [0.05, 0.1) is 12.5 Å². The Hall–Kier alpha value is -3.48. The average molecular weight is 347 g/mol. The van der Waals surface area contributed by atoms with Crippen LogP contribution in [0.4, 0.5) is 0 Å². The number of H-pyrrole nitrogens is 1. The summed E-state index contributed by atoms with van der Waals surface area (Å²) in [6, 6.07) is 11.2. The van der Waals surface area contributed by atoms with E-state index in [0.717, 1.165) is 28.3 Å². The summed E-state index contributed by atoms with van der Waals surface area (Å²) in [5.74, 6) is 1.07. The van der Waals surface area contributed by atoms with E-state index >= 15 is 0 Å². The molecule has 1 aromatic carbocycles. The molecule has 7 nitrogen and oxygen atoms in total. The number of ether oxygens (including phenoxy) is 1. The Morgan fingerprint density at radius 1 is 1.04 bits per heavy atom. The summed E-state index contributed by atoms with van der Waals surface area (Å²) in [7, 11) is 1.62. The number of methoxy groups -OCH3 is 1. The summed E-state index contributed by atoms with van der Waals surface area (Å²) in [5.41, 5.74) is 3.54. The number of pyridine rings is 1. The highest BCUT2D eigenvalue weighted by Gasteiger charge is 2.16. The van der Waals surface area contributed by atoms with Crippen LogP contribution in [-0.4, -0.2) is 31.8 Å². The Kier molecular flexibility index (Phi) is 3.76. The van der Waals surface area contributed by atoms with Crippen molar-refractivity contribution in [3.63, 3.8) is 0 Å². The lowest BCUT2D eigenvalue weighted by molar-refractivity contribution is 0.415. The van der Waals surface area contributed by atoms with Crippen molar-refractivity contribution < 1.29 is 4.74 Å². The van der Waals surface area contributed by atoms with Crippen LogP contribution in [0.5, 0.6) is 5.75 Å². The summed E-state index contributed by atoms with van der Waals surface area (Å²) < 4.78 is 6.54. The van der Waals surface area contributed by atoms with Crippen molar-refractivity contribution in [2.75, 3.05) is 7.11 Å². The summed E-state index contributed by atoms with van der Waals surface area (Å²) >= 11 is 0. The maximum Gasteiger partial charge on any atom is 0.284 e. The van der Waals surface area contributed by atoms with Crippen molar-refractivity contribution in [3.05, 3.63) is 64.3 Å². The first-order valence-electron chi connectivity index (χ1n) is 8.13. The summed E-state index contributed by atoms with van der Waals surface area (Å²) in [4.78, 5) is 26.1. The Labute approximate surface area is 149 Å². The third-order valence-corrected chi connectivity index (χ3v) is 4.16. The molecule has 0 saturated heterocycles. The molecule has 4 rings (SSSR count). The van der Waals surface area contributed by atoms with Gasteiger partial charge >= 0.3 is 0 Å². The van der Waals surface area contributed by atoms with Crippen LogP contribution < -0.4 is 10.3 Å². The van der Waals surface area contributed by atoms with Crippen LogP contribution in [0.3, 0.4) is 0 Å². The highest BCUT2D eigenvalue weighted by atomic mass is 16.5.